The topological polar surface area (TPSA) is 111 Å². The molecular weight excluding hydrogens is 409 g/mol. The van der Waals surface area contributed by atoms with Crippen LogP contribution >= 0.6 is 0 Å². The van der Waals surface area contributed by atoms with Gasteiger partial charge in [0.2, 0.25) is 0 Å². The van der Waals surface area contributed by atoms with E-state index in [-0.39, 0.29) is 35.9 Å². The molecule has 0 bridgehead atoms. The summed E-state index contributed by atoms with van der Waals surface area (Å²) < 4.78 is 49.4. The van der Waals surface area contributed by atoms with Crippen LogP contribution in [0.15, 0.2) is 33.6 Å². The van der Waals surface area contributed by atoms with Crippen LogP contribution < -0.4 is 16.0 Å². The smallest absolute Gasteiger partial charge is 0.426 e. The van der Waals surface area contributed by atoms with Crippen molar-refractivity contribution in [1.29, 1.82) is 0 Å². The van der Waals surface area contributed by atoms with Crippen molar-refractivity contribution in [3.05, 3.63) is 44.8 Å². The van der Waals surface area contributed by atoms with Crippen molar-refractivity contribution in [2.75, 3.05) is 0 Å². The molecule has 2 aromatic rings. The van der Waals surface area contributed by atoms with Crippen molar-refractivity contribution >= 4 is 11.2 Å². The minimum Gasteiger partial charge on any atom is -0.426 e. The fourth-order valence-electron chi connectivity index (χ4n) is 2.99. The van der Waals surface area contributed by atoms with E-state index >= 15 is 0 Å². The Morgan fingerprint density at radius 3 is 2.70 bits per heavy atom. The number of ether oxygens (including phenoxy) is 2. The maximum absolute atomic E-state index is 12.6. The first-order valence-corrected chi connectivity index (χ1v) is 9.16. The lowest BCUT2D eigenvalue weighted by atomic mass is 9.99. The number of allylic oxidation sites excluding steroid dienone is 1. The fourth-order valence-corrected chi connectivity index (χ4v) is 2.99. The van der Waals surface area contributed by atoms with Crippen molar-refractivity contribution in [2.24, 2.45) is 13.0 Å². The van der Waals surface area contributed by atoms with Gasteiger partial charge in [0, 0.05) is 19.5 Å². The number of aromatic amines is 1. The lowest BCUT2D eigenvalue weighted by molar-refractivity contribution is -0.339. The maximum atomic E-state index is 12.6. The highest BCUT2D eigenvalue weighted by atomic mass is 19.4. The minimum atomic E-state index is -4.81. The van der Waals surface area contributed by atoms with Gasteiger partial charge in [-0.3, -0.25) is 18.7 Å². The van der Waals surface area contributed by atoms with Gasteiger partial charge in [-0.05, 0) is 25.5 Å². The molecule has 3 atom stereocenters. The Labute approximate surface area is 168 Å². The van der Waals surface area contributed by atoms with E-state index in [0.29, 0.717) is 0 Å². The number of aliphatic hydroxyl groups excluding tert-OH is 1. The predicted octanol–water partition coefficient (Wildman–Crippen LogP) is 1.57. The molecule has 0 aromatic carbocycles. The Balaban J connectivity index is 1.92. The first-order valence-electron chi connectivity index (χ1n) is 9.16. The molecule has 2 aromatic heterocycles. The van der Waals surface area contributed by atoms with E-state index in [1.54, 1.807) is 6.92 Å². The molecule has 30 heavy (non-hydrogen) atoms. The van der Waals surface area contributed by atoms with E-state index in [4.69, 9.17) is 4.74 Å². The van der Waals surface area contributed by atoms with Gasteiger partial charge >= 0.3 is 18.1 Å². The predicted molar refractivity (Wildman–Crippen MR) is 99.8 cm³/mol. The third kappa shape index (κ3) is 4.65. The van der Waals surface area contributed by atoms with E-state index in [0.717, 1.165) is 15.2 Å². The van der Waals surface area contributed by atoms with Crippen molar-refractivity contribution in [2.45, 2.75) is 45.4 Å². The van der Waals surface area contributed by atoms with Gasteiger partial charge in [-0.2, -0.15) is 4.98 Å². The Morgan fingerprint density at radius 2 is 2.07 bits per heavy atom. The molecule has 1 aliphatic rings. The van der Waals surface area contributed by atoms with Crippen LogP contribution in [0.4, 0.5) is 13.2 Å². The summed E-state index contributed by atoms with van der Waals surface area (Å²) in [5, 5.41) is 9.42. The average Bonchev–Trinajstić information content (AvgIpc) is 3.05. The van der Waals surface area contributed by atoms with E-state index in [2.05, 4.69) is 14.7 Å². The summed E-state index contributed by atoms with van der Waals surface area (Å²) in [7, 11) is 1.42. The van der Waals surface area contributed by atoms with Crippen molar-refractivity contribution in [1.82, 2.24) is 19.1 Å². The molecule has 0 saturated carbocycles. The molecule has 0 spiro atoms. The Hall–Kier alpha value is -2.86. The molecule has 12 heteroatoms. The third-order valence-corrected chi connectivity index (χ3v) is 4.62. The summed E-state index contributed by atoms with van der Waals surface area (Å²) in [5.74, 6) is -0.488. The van der Waals surface area contributed by atoms with Gasteiger partial charge in [-0.25, -0.2) is 4.79 Å². The van der Waals surface area contributed by atoms with Gasteiger partial charge in [-0.1, -0.05) is 13.0 Å². The number of hydrogen-bond acceptors (Lipinski definition) is 6. The van der Waals surface area contributed by atoms with Gasteiger partial charge in [0.1, 0.15) is 5.76 Å². The van der Waals surface area contributed by atoms with Crippen LogP contribution in [-0.2, 0) is 18.3 Å². The second kappa shape index (κ2) is 8.11. The van der Waals surface area contributed by atoms with E-state index in [1.807, 2.05) is 0 Å². The van der Waals surface area contributed by atoms with Crippen LogP contribution in [-0.4, -0.2) is 42.8 Å². The molecule has 0 aliphatic heterocycles. The first kappa shape index (κ1) is 21.8. The zero-order valence-corrected chi connectivity index (χ0v) is 16.4. The van der Waals surface area contributed by atoms with Crippen molar-refractivity contribution in [3.63, 3.8) is 0 Å². The van der Waals surface area contributed by atoms with E-state index in [1.165, 1.54) is 26.1 Å². The molecule has 3 unspecified atom stereocenters. The lowest BCUT2D eigenvalue weighted by Crippen LogP contribution is -2.39. The van der Waals surface area contributed by atoms with Gasteiger partial charge in [0.05, 0.1) is 12.2 Å². The molecule has 2 N–H and O–H groups in total. The summed E-state index contributed by atoms with van der Waals surface area (Å²) in [5.41, 5.74) is -1.23. The number of nitrogens with zero attached hydrogens (tertiary/aromatic N) is 3. The highest BCUT2D eigenvalue weighted by Crippen LogP contribution is 2.28. The number of imidazole rings is 1. The van der Waals surface area contributed by atoms with Crippen molar-refractivity contribution < 1.29 is 27.8 Å². The third-order valence-electron chi connectivity index (χ3n) is 4.62. The summed E-state index contributed by atoms with van der Waals surface area (Å²) in [6, 6.07) is -0.165. The number of aromatic nitrogens is 4. The van der Waals surface area contributed by atoms with E-state index in [9.17, 15) is 27.9 Å². The van der Waals surface area contributed by atoms with Crippen LogP contribution in [0.25, 0.3) is 11.2 Å². The highest BCUT2D eigenvalue weighted by Gasteiger charge is 2.35. The summed E-state index contributed by atoms with van der Waals surface area (Å²) in [6.45, 7) is 3.11. The number of nitrogens with one attached hydrogen (secondary N) is 1. The summed E-state index contributed by atoms with van der Waals surface area (Å²) in [4.78, 5) is 31.8. The van der Waals surface area contributed by atoms with Crippen LogP contribution in [0.5, 0.6) is 6.01 Å². The SMILES string of the molecule is CC(O)CCn1c(=O)c2[nH]c(OC3=CC(OC(F)(F)F)C(C)C=C3)nc2n(C)c1=O. The van der Waals surface area contributed by atoms with Crippen molar-refractivity contribution in [3.8, 4) is 6.01 Å². The molecule has 2 heterocycles. The molecule has 0 radical (unpaired) electrons. The Kier molecular flexibility index (Phi) is 5.90. The molecule has 3 rings (SSSR count). The molecule has 1 aliphatic carbocycles. The number of halogens is 3. The minimum absolute atomic E-state index is 0.00505. The fraction of sp³-hybridized carbons (Fsp3) is 0.500. The van der Waals surface area contributed by atoms with Gasteiger partial charge in [0.15, 0.2) is 11.2 Å². The molecule has 164 valence electrons. The van der Waals surface area contributed by atoms with Crippen LogP contribution in [0.3, 0.4) is 0 Å². The largest absolute Gasteiger partial charge is 0.523 e. The van der Waals surface area contributed by atoms with E-state index < -0.39 is 35.7 Å². The monoisotopic (exact) mass is 430 g/mol. The normalized spacial score (nSPS) is 20.4. The summed E-state index contributed by atoms with van der Waals surface area (Å²) >= 11 is 0. The standard InChI is InChI=1S/C18H21F3N4O5/c1-9-4-5-11(8-12(9)30-18(19,20)21)29-16-22-13-14(23-16)24(3)17(28)25(15(13)27)7-6-10(2)26/h4-5,8-10,12,26H,6-7H2,1-3H3,(H,22,23). The Morgan fingerprint density at radius 1 is 1.37 bits per heavy atom. The number of H-pyrrole nitrogens is 1. The lowest BCUT2D eigenvalue weighted by Gasteiger charge is -2.23. The van der Waals surface area contributed by atoms with Crippen LogP contribution in [0.2, 0.25) is 0 Å². The highest BCUT2D eigenvalue weighted by molar-refractivity contribution is 5.70. The molecule has 0 fully saturated rings. The second-order valence-corrected chi connectivity index (χ2v) is 7.09. The zero-order chi connectivity index (χ0) is 22.2. The quantitative estimate of drug-likeness (QED) is 0.720. The number of rotatable bonds is 6. The van der Waals surface area contributed by atoms with Gasteiger partial charge < -0.3 is 14.8 Å². The maximum Gasteiger partial charge on any atom is 0.523 e. The number of fused-ring (bicyclic) bond motifs is 1. The summed E-state index contributed by atoms with van der Waals surface area (Å²) in [6.07, 6.45) is -2.46. The zero-order valence-electron chi connectivity index (χ0n) is 16.4. The number of alkyl halides is 3. The number of aliphatic hydroxyl groups is 1. The van der Waals surface area contributed by atoms with Crippen LogP contribution in [0.1, 0.15) is 20.3 Å². The molecule has 0 amide bonds. The first-order chi connectivity index (χ1) is 14.0. The average molecular weight is 430 g/mol. The molecule has 0 saturated heterocycles. The second-order valence-electron chi connectivity index (χ2n) is 7.09. The molecule has 9 nitrogen and oxygen atoms in total. The van der Waals surface area contributed by atoms with Gasteiger partial charge in [0.25, 0.3) is 5.56 Å². The van der Waals surface area contributed by atoms with Crippen LogP contribution in [0, 0.1) is 5.92 Å². The number of hydrogen-bond donors (Lipinski definition) is 2. The molecular formula is C18H21F3N4O5. The van der Waals surface area contributed by atoms with Gasteiger partial charge in [-0.15, -0.1) is 13.2 Å². The Bertz CT molecular complexity index is 1110. The number of aryl methyl sites for hydroxylation is 1.